The lowest BCUT2D eigenvalue weighted by molar-refractivity contribution is 0.0689. The van der Waals surface area contributed by atoms with Crippen LogP contribution in [-0.4, -0.2) is 16.1 Å². The first-order valence-electron chi connectivity index (χ1n) is 3.97. The van der Waals surface area contributed by atoms with Crippen molar-refractivity contribution in [3.05, 3.63) is 29.6 Å². The molecule has 0 saturated heterocycles. The summed E-state index contributed by atoms with van der Waals surface area (Å²) in [6.07, 6.45) is 3.73. The molecule has 0 bridgehead atoms. The van der Waals surface area contributed by atoms with Gasteiger partial charge in [0.15, 0.2) is 5.69 Å². The fourth-order valence-corrected chi connectivity index (χ4v) is 1.32. The van der Waals surface area contributed by atoms with E-state index in [0.717, 1.165) is 18.4 Å². The number of halogens is 1. The van der Waals surface area contributed by atoms with E-state index in [1.807, 2.05) is 6.07 Å². The molecule has 1 aliphatic rings. The molecule has 0 aromatic carbocycles. The van der Waals surface area contributed by atoms with Crippen LogP contribution in [0.3, 0.4) is 0 Å². The minimum absolute atomic E-state index is 0. The molecule has 1 aromatic rings. The summed E-state index contributed by atoms with van der Waals surface area (Å²) in [5.74, 6) is -0.470. The molecule has 1 aliphatic carbocycles. The van der Waals surface area contributed by atoms with Crippen LogP contribution in [0.2, 0.25) is 0 Å². The number of pyridine rings is 1. The van der Waals surface area contributed by atoms with Gasteiger partial charge in [0.25, 0.3) is 0 Å². The van der Waals surface area contributed by atoms with Crippen molar-refractivity contribution >= 4 is 18.4 Å². The predicted molar refractivity (Wildman–Crippen MR) is 50.4 cm³/mol. The summed E-state index contributed by atoms with van der Waals surface area (Å²) >= 11 is 0. The van der Waals surface area contributed by atoms with Gasteiger partial charge in [-0.3, -0.25) is 0 Å². The highest BCUT2D eigenvalue weighted by Crippen LogP contribution is 2.40. The van der Waals surface area contributed by atoms with E-state index in [2.05, 4.69) is 4.98 Å². The Labute approximate surface area is 82.2 Å². The lowest BCUT2D eigenvalue weighted by atomic mass is 10.1. The minimum Gasteiger partial charge on any atom is -0.477 e. The van der Waals surface area contributed by atoms with Crippen molar-refractivity contribution in [3.8, 4) is 0 Å². The van der Waals surface area contributed by atoms with Crippen molar-refractivity contribution in [2.24, 2.45) is 0 Å². The molecule has 0 unspecified atom stereocenters. The number of nitrogens with zero attached hydrogens (tertiary/aromatic N) is 1. The van der Waals surface area contributed by atoms with Gasteiger partial charge in [-0.2, -0.15) is 0 Å². The van der Waals surface area contributed by atoms with E-state index in [4.69, 9.17) is 5.11 Å². The maximum Gasteiger partial charge on any atom is 0.354 e. The Bertz CT molecular complexity index is 323. The standard InChI is InChI=1S/C9H9NO2.ClH/c11-9(12)8-7(6-3-4-6)2-1-5-10-8;/h1-2,5-6H,3-4H2,(H,11,12);1H. The third kappa shape index (κ3) is 1.98. The molecule has 0 atom stereocenters. The molecule has 1 heterocycles. The summed E-state index contributed by atoms with van der Waals surface area (Å²) in [6, 6.07) is 3.65. The lowest BCUT2D eigenvalue weighted by Crippen LogP contribution is -2.04. The summed E-state index contributed by atoms with van der Waals surface area (Å²) in [6.45, 7) is 0. The zero-order chi connectivity index (χ0) is 8.55. The van der Waals surface area contributed by atoms with E-state index < -0.39 is 5.97 Å². The molecule has 3 nitrogen and oxygen atoms in total. The van der Waals surface area contributed by atoms with Crippen molar-refractivity contribution in [1.29, 1.82) is 0 Å². The third-order valence-electron chi connectivity index (χ3n) is 2.06. The molecule has 0 radical (unpaired) electrons. The van der Waals surface area contributed by atoms with Crippen LogP contribution in [0.25, 0.3) is 0 Å². The Balaban J connectivity index is 0.000000845. The number of carboxylic acids is 1. The highest BCUT2D eigenvalue weighted by molar-refractivity contribution is 5.87. The van der Waals surface area contributed by atoms with Gasteiger partial charge in [0.2, 0.25) is 0 Å². The van der Waals surface area contributed by atoms with Crippen LogP contribution in [0.1, 0.15) is 34.8 Å². The smallest absolute Gasteiger partial charge is 0.354 e. The zero-order valence-electron chi connectivity index (χ0n) is 6.93. The average molecular weight is 200 g/mol. The van der Waals surface area contributed by atoms with E-state index in [1.54, 1.807) is 6.07 Å². The van der Waals surface area contributed by atoms with Crippen LogP contribution < -0.4 is 0 Å². The minimum atomic E-state index is -0.919. The Kier molecular flexibility index (Phi) is 2.88. The summed E-state index contributed by atoms with van der Waals surface area (Å²) in [5, 5.41) is 8.78. The molecule has 70 valence electrons. The lowest BCUT2D eigenvalue weighted by Gasteiger charge is -2.00. The normalized spacial score (nSPS) is 14.8. The van der Waals surface area contributed by atoms with Gasteiger partial charge in [-0.05, 0) is 30.4 Å². The predicted octanol–water partition coefficient (Wildman–Crippen LogP) is 2.08. The van der Waals surface area contributed by atoms with Gasteiger partial charge < -0.3 is 5.11 Å². The van der Waals surface area contributed by atoms with Gasteiger partial charge in [0.1, 0.15) is 0 Å². The average Bonchev–Trinajstić information content (AvgIpc) is 2.87. The zero-order valence-corrected chi connectivity index (χ0v) is 7.75. The number of aromatic carboxylic acids is 1. The topological polar surface area (TPSA) is 50.2 Å². The van der Waals surface area contributed by atoms with Gasteiger partial charge in [0, 0.05) is 6.20 Å². The number of carbonyl (C=O) groups is 1. The maximum absolute atomic E-state index is 10.7. The van der Waals surface area contributed by atoms with Crippen molar-refractivity contribution < 1.29 is 9.90 Å². The highest BCUT2D eigenvalue weighted by atomic mass is 35.5. The van der Waals surface area contributed by atoms with Crippen LogP contribution >= 0.6 is 12.4 Å². The first-order chi connectivity index (χ1) is 5.79. The molecular weight excluding hydrogens is 190 g/mol. The fourth-order valence-electron chi connectivity index (χ4n) is 1.32. The van der Waals surface area contributed by atoms with Crippen LogP contribution in [0.5, 0.6) is 0 Å². The van der Waals surface area contributed by atoms with E-state index in [1.165, 1.54) is 6.20 Å². The first kappa shape index (κ1) is 9.99. The van der Waals surface area contributed by atoms with Gasteiger partial charge in [-0.1, -0.05) is 6.07 Å². The molecule has 0 aliphatic heterocycles. The first-order valence-corrected chi connectivity index (χ1v) is 3.97. The van der Waals surface area contributed by atoms with Gasteiger partial charge >= 0.3 is 5.97 Å². The van der Waals surface area contributed by atoms with E-state index in [-0.39, 0.29) is 18.1 Å². The summed E-state index contributed by atoms with van der Waals surface area (Å²) in [4.78, 5) is 14.5. The summed E-state index contributed by atoms with van der Waals surface area (Å²) in [7, 11) is 0. The monoisotopic (exact) mass is 199 g/mol. The van der Waals surface area contributed by atoms with Crippen LogP contribution in [0, 0.1) is 0 Å². The Morgan fingerprint density at radius 3 is 2.77 bits per heavy atom. The van der Waals surface area contributed by atoms with E-state index >= 15 is 0 Å². The van der Waals surface area contributed by atoms with E-state index in [0.29, 0.717) is 5.92 Å². The molecule has 0 amide bonds. The molecule has 0 spiro atoms. The quantitative estimate of drug-likeness (QED) is 0.794. The second-order valence-electron chi connectivity index (χ2n) is 3.02. The Morgan fingerprint density at radius 2 is 2.23 bits per heavy atom. The van der Waals surface area contributed by atoms with Crippen LogP contribution in [-0.2, 0) is 0 Å². The van der Waals surface area contributed by atoms with Gasteiger partial charge in [-0.25, -0.2) is 9.78 Å². The number of aromatic nitrogens is 1. The molecule has 4 heteroatoms. The number of carboxylic acid groups (broad SMARTS) is 1. The van der Waals surface area contributed by atoms with Crippen LogP contribution in [0.4, 0.5) is 0 Å². The van der Waals surface area contributed by atoms with Crippen molar-refractivity contribution in [3.63, 3.8) is 0 Å². The molecule has 2 rings (SSSR count). The highest BCUT2D eigenvalue weighted by Gasteiger charge is 2.28. The summed E-state index contributed by atoms with van der Waals surface area (Å²) < 4.78 is 0. The number of hydrogen-bond donors (Lipinski definition) is 1. The molecular formula is C9H10ClNO2. The van der Waals surface area contributed by atoms with Crippen molar-refractivity contribution in [2.75, 3.05) is 0 Å². The number of rotatable bonds is 2. The maximum atomic E-state index is 10.7. The Hall–Kier alpha value is -1.09. The molecule has 1 aromatic heterocycles. The Morgan fingerprint density at radius 1 is 1.54 bits per heavy atom. The molecule has 1 N–H and O–H groups in total. The molecule has 1 fully saturated rings. The fraction of sp³-hybridized carbons (Fsp3) is 0.333. The SMILES string of the molecule is Cl.O=C(O)c1ncccc1C1CC1. The second-order valence-corrected chi connectivity index (χ2v) is 3.02. The van der Waals surface area contributed by atoms with Crippen LogP contribution in [0.15, 0.2) is 18.3 Å². The van der Waals surface area contributed by atoms with Crippen molar-refractivity contribution in [2.45, 2.75) is 18.8 Å². The second kappa shape index (κ2) is 3.75. The largest absolute Gasteiger partial charge is 0.477 e. The molecule has 13 heavy (non-hydrogen) atoms. The van der Waals surface area contributed by atoms with Gasteiger partial charge in [-0.15, -0.1) is 12.4 Å². The van der Waals surface area contributed by atoms with Gasteiger partial charge in [0.05, 0.1) is 0 Å². The van der Waals surface area contributed by atoms with E-state index in [9.17, 15) is 4.79 Å². The summed E-state index contributed by atoms with van der Waals surface area (Å²) in [5.41, 5.74) is 1.12. The number of hydrogen-bond acceptors (Lipinski definition) is 2. The molecule has 1 saturated carbocycles. The van der Waals surface area contributed by atoms with Crippen molar-refractivity contribution in [1.82, 2.24) is 4.98 Å². The third-order valence-corrected chi connectivity index (χ3v) is 2.06.